The van der Waals surface area contributed by atoms with Crippen LogP contribution < -0.4 is 5.32 Å². The minimum Gasteiger partial charge on any atom is -0.481 e. The van der Waals surface area contributed by atoms with Gasteiger partial charge in [-0.2, -0.15) is 0 Å². The van der Waals surface area contributed by atoms with Gasteiger partial charge in [0.05, 0.1) is 12.2 Å². The van der Waals surface area contributed by atoms with E-state index in [2.05, 4.69) is 5.32 Å². The highest BCUT2D eigenvalue weighted by molar-refractivity contribution is 7.99. The van der Waals surface area contributed by atoms with Gasteiger partial charge in [-0.15, -0.1) is 11.8 Å². The Morgan fingerprint density at radius 1 is 1.41 bits per heavy atom. The lowest BCUT2D eigenvalue weighted by Gasteiger charge is -2.33. The van der Waals surface area contributed by atoms with Gasteiger partial charge in [-0.1, -0.05) is 37.6 Å². The number of carboxylic acid groups (broad SMARTS) is 1. The second-order valence-corrected chi connectivity index (χ2v) is 7.24. The van der Waals surface area contributed by atoms with Crippen LogP contribution in [0.3, 0.4) is 0 Å². The Balaban J connectivity index is 2.49. The number of carboxylic acids is 1. The largest absolute Gasteiger partial charge is 0.481 e. The summed E-state index contributed by atoms with van der Waals surface area (Å²) in [7, 11) is 0. The Hall–Kier alpha value is -1.20. The monoisotopic (exact) mass is 343 g/mol. The number of rotatable bonds is 8. The summed E-state index contributed by atoms with van der Waals surface area (Å²) >= 11 is 7.39. The van der Waals surface area contributed by atoms with E-state index >= 15 is 0 Å². The molecule has 0 aliphatic carbocycles. The quantitative estimate of drug-likeness (QED) is 0.757. The fraction of sp³-hybridized carbons (Fsp3) is 0.500. The lowest BCUT2D eigenvalue weighted by molar-refractivity contribution is -0.139. The van der Waals surface area contributed by atoms with Crippen molar-refractivity contribution in [3.05, 3.63) is 34.9 Å². The Kier molecular flexibility index (Phi) is 7.23. The van der Waals surface area contributed by atoms with E-state index in [4.69, 9.17) is 16.7 Å². The van der Waals surface area contributed by atoms with E-state index in [0.717, 1.165) is 5.56 Å². The fourth-order valence-corrected chi connectivity index (χ4v) is 2.94. The van der Waals surface area contributed by atoms with Crippen molar-refractivity contribution in [2.24, 2.45) is 5.92 Å². The number of hydrogen-bond donors (Lipinski definition) is 2. The van der Waals surface area contributed by atoms with Gasteiger partial charge in [0.15, 0.2) is 0 Å². The van der Waals surface area contributed by atoms with E-state index in [0.29, 0.717) is 10.8 Å². The molecular formula is C16H22ClNO3S. The zero-order chi connectivity index (χ0) is 16.8. The molecule has 0 spiro atoms. The highest BCUT2D eigenvalue weighted by Crippen LogP contribution is 2.22. The van der Waals surface area contributed by atoms with Crippen molar-refractivity contribution in [1.82, 2.24) is 5.32 Å². The molecule has 1 atom stereocenters. The van der Waals surface area contributed by atoms with Crippen LogP contribution >= 0.6 is 23.4 Å². The maximum Gasteiger partial charge on any atom is 0.305 e. The predicted molar refractivity (Wildman–Crippen MR) is 91.3 cm³/mol. The number of carbonyl (C=O) groups is 2. The van der Waals surface area contributed by atoms with Crippen LogP contribution in [0.15, 0.2) is 24.3 Å². The zero-order valence-electron chi connectivity index (χ0n) is 13.1. The first kappa shape index (κ1) is 18.8. The summed E-state index contributed by atoms with van der Waals surface area (Å²) in [5.74, 6) is -0.0576. The van der Waals surface area contributed by atoms with Crippen LogP contribution in [-0.2, 0) is 15.3 Å². The maximum absolute atomic E-state index is 12.1. The smallest absolute Gasteiger partial charge is 0.305 e. The van der Waals surface area contributed by atoms with Gasteiger partial charge in [0, 0.05) is 16.3 Å². The summed E-state index contributed by atoms with van der Waals surface area (Å²) in [4.78, 5) is 23.0. The number of halogens is 1. The molecule has 1 amide bonds. The minimum absolute atomic E-state index is 0.0329. The molecule has 1 unspecified atom stereocenters. The first-order valence-electron chi connectivity index (χ1n) is 7.08. The Morgan fingerprint density at radius 2 is 2.09 bits per heavy atom. The molecular weight excluding hydrogens is 322 g/mol. The third kappa shape index (κ3) is 6.28. The van der Waals surface area contributed by atoms with Gasteiger partial charge in [0.1, 0.15) is 0 Å². The molecule has 0 bridgehead atoms. The third-order valence-electron chi connectivity index (χ3n) is 3.61. The van der Waals surface area contributed by atoms with Crippen molar-refractivity contribution in [3.63, 3.8) is 0 Å². The third-order valence-corrected chi connectivity index (χ3v) is 4.85. The van der Waals surface area contributed by atoms with Crippen molar-refractivity contribution < 1.29 is 14.7 Å². The van der Waals surface area contributed by atoms with Gasteiger partial charge in [0.25, 0.3) is 0 Å². The van der Waals surface area contributed by atoms with Gasteiger partial charge in [0.2, 0.25) is 5.91 Å². The van der Waals surface area contributed by atoms with Gasteiger partial charge >= 0.3 is 5.97 Å². The van der Waals surface area contributed by atoms with Crippen LogP contribution in [0.25, 0.3) is 0 Å². The molecule has 122 valence electrons. The number of thioether (sulfide) groups is 1. The molecule has 0 aromatic heterocycles. The first-order valence-corrected chi connectivity index (χ1v) is 8.61. The number of hydrogen-bond acceptors (Lipinski definition) is 3. The van der Waals surface area contributed by atoms with Crippen molar-refractivity contribution in [3.8, 4) is 0 Å². The predicted octanol–water partition coefficient (Wildman–Crippen LogP) is 3.58. The Labute approximate surface area is 140 Å². The molecule has 0 aliphatic heterocycles. The summed E-state index contributed by atoms with van der Waals surface area (Å²) in [5, 5.41) is 12.5. The Bertz CT molecular complexity index is 536. The van der Waals surface area contributed by atoms with E-state index in [9.17, 15) is 9.59 Å². The van der Waals surface area contributed by atoms with E-state index in [1.165, 1.54) is 11.8 Å². The summed E-state index contributed by atoms with van der Waals surface area (Å²) in [5.41, 5.74) is 0.321. The summed E-state index contributed by atoms with van der Waals surface area (Å²) < 4.78 is 0. The number of carbonyl (C=O) groups excluding carboxylic acids is 1. The van der Waals surface area contributed by atoms with E-state index in [1.54, 1.807) is 6.92 Å². The fourth-order valence-electron chi connectivity index (χ4n) is 1.95. The van der Waals surface area contributed by atoms with Gasteiger partial charge in [-0.3, -0.25) is 9.59 Å². The molecule has 0 radical (unpaired) electrons. The van der Waals surface area contributed by atoms with Crippen molar-refractivity contribution >= 4 is 35.2 Å². The highest BCUT2D eigenvalue weighted by atomic mass is 35.5. The van der Waals surface area contributed by atoms with Crippen LogP contribution in [0, 0.1) is 5.92 Å². The minimum atomic E-state index is -0.914. The second kappa shape index (κ2) is 8.44. The van der Waals surface area contributed by atoms with Crippen LogP contribution in [0.1, 0.15) is 32.8 Å². The normalized spacial score (nSPS) is 13.7. The topological polar surface area (TPSA) is 66.4 Å². The van der Waals surface area contributed by atoms with Crippen LogP contribution in [0.4, 0.5) is 0 Å². The molecule has 4 nitrogen and oxygen atoms in total. The second-order valence-electron chi connectivity index (χ2n) is 5.81. The summed E-state index contributed by atoms with van der Waals surface area (Å²) in [6.07, 6.45) is -0.0879. The number of nitrogens with one attached hydrogen (secondary N) is 1. The molecule has 0 fully saturated rings. The van der Waals surface area contributed by atoms with Crippen molar-refractivity contribution in [1.29, 1.82) is 0 Å². The number of benzene rings is 1. The van der Waals surface area contributed by atoms with Crippen LogP contribution in [-0.4, -0.2) is 28.3 Å². The molecule has 0 saturated carbocycles. The molecule has 6 heteroatoms. The van der Waals surface area contributed by atoms with E-state index in [-0.39, 0.29) is 24.0 Å². The molecule has 0 saturated heterocycles. The lowest BCUT2D eigenvalue weighted by Crippen LogP contribution is -2.51. The summed E-state index contributed by atoms with van der Waals surface area (Å²) in [6.45, 7) is 5.58. The lowest BCUT2D eigenvalue weighted by atomic mass is 9.85. The van der Waals surface area contributed by atoms with Crippen molar-refractivity contribution in [2.75, 3.05) is 5.75 Å². The van der Waals surface area contributed by atoms with Gasteiger partial charge in [-0.25, -0.2) is 0 Å². The van der Waals surface area contributed by atoms with E-state index < -0.39 is 11.5 Å². The molecule has 1 rings (SSSR count). The SMILES string of the molecule is CC(C)C(C)(CC(=O)O)NC(=O)CSCc1cccc(Cl)c1. The standard InChI is InChI=1S/C16H22ClNO3S/c1-11(2)16(3,8-15(20)21)18-14(19)10-22-9-12-5-4-6-13(17)7-12/h4-7,11H,8-10H2,1-3H3,(H,18,19)(H,20,21). The number of amides is 1. The summed E-state index contributed by atoms with van der Waals surface area (Å²) in [6, 6.07) is 7.51. The number of aliphatic carboxylic acids is 1. The highest BCUT2D eigenvalue weighted by Gasteiger charge is 2.32. The molecule has 22 heavy (non-hydrogen) atoms. The van der Waals surface area contributed by atoms with E-state index in [1.807, 2.05) is 38.1 Å². The first-order chi connectivity index (χ1) is 10.2. The molecule has 0 aliphatic rings. The van der Waals surface area contributed by atoms with Gasteiger partial charge in [-0.05, 0) is 30.5 Å². The van der Waals surface area contributed by atoms with Crippen LogP contribution in [0.5, 0.6) is 0 Å². The maximum atomic E-state index is 12.1. The zero-order valence-corrected chi connectivity index (χ0v) is 14.6. The Morgan fingerprint density at radius 3 is 2.64 bits per heavy atom. The molecule has 0 heterocycles. The molecule has 1 aromatic rings. The average molecular weight is 344 g/mol. The van der Waals surface area contributed by atoms with Gasteiger partial charge < -0.3 is 10.4 Å². The van der Waals surface area contributed by atoms with Crippen LogP contribution in [0.2, 0.25) is 5.02 Å². The molecule has 1 aromatic carbocycles. The molecule has 2 N–H and O–H groups in total. The average Bonchev–Trinajstić information content (AvgIpc) is 2.37. The van der Waals surface area contributed by atoms with Crippen molar-refractivity contribution in [2.45, 2.75) is 38.5 Å².